The van der Waals surface area contributed by atoms with E-state index in [1.165, 1.54) is 12.1 Å². The number of rotatable bonds is 5. The van der Waals surface area contributed by atoms with Crippen molar-refractivity contribution in [1.29, 1.82) is 0 Å². The fourth-order valence-electron chi connectivity index (χ4n) is 2.39. The van der Waals surface area contributed by atoms with E-state index >= 15 is 0 Å². The number of benzene rings is 1. The fraction of sp³-hybridized carbons (Fsp3) is 0.533. The number of carbonyl (C=O) groups is 1. The Morgan fingerprint density at radius 3 is 2.64 bits per heavy atom. The highest BCUT2D eigenvalue weighted by molar-refractivity contribution is 5.73. The van der Waals surface area contributed by atoms with E-state index in [0.717, 1.165) is 18.9 Å². The maximum Gasteiger partial charge on any atom is 0.315 e. The lowest BCUT2D eigenvalue weighted by atomic mass is 9.95. The smallest absolute Gasteiger partial charge is 0.315 e. The summed E-state index contributed by atoms with van der Waals surface area (Å²) < 4.78 is 43.9. The summed E-state index contributed by atoms with van der Waals surface area (Å²) in [6.45, 7) is 0.885. The molecule has 1 heterocycles. The molecule has 1 saturated heterocycles. The second-order valence-electron chi connectivity index (χ2n) is 5.53. The summed E-state index contributed by atoms with van der Waals surface area (Å²) >= 11 is 0. The fourth-order valence-corrected chi connectivity index (χ4v) is 2.39. The number of hydrogen-bond acceptors (Lipinski definition) is 2. The van der Waals surface area contributed by atoms with Crippen LogP contribution >= 0.6 is 0 Å². The van der Waals surface area contributed by atoms with Crippen molar-refractivity contribution in [2.24, 2.45) is 5.92 Å². The predicted molar refractivity (Wildman–Crippen MR) is 75.2 cm³/mol. The van der Waals surface area contributed by atoms with Crippen LogP contribution < -0.4 is 10.6 Å². The summed E-state index contributed by atoms with van der Waals surface area (Å²) in [5, 5.41) is 4.69. The van der Waals surface area contributed by atoms with E-state index in [2.05, 4.69) is 10.6 Å². The largest absolute Gasteiger partial charge is 0.373 e. The van der Waals surface area contributed by atoms with Gasteiger partial charge in [-0.15, -0.1) is 0 Å². The Morgan fingerprint density at radius 2 is 2.00 bits per heavy atom. The molecule has 1 aromatic rings. The molecular weight excluding hydrogens is 297 g/mol. The van der Waals surface area contributed by atoms with Crippen LogP contribution in [-0.2, 0) is 4.74 Å². The molecule has 0 aliphatic carbocycles. The van der Waals surface area contributed by atoms with Gasteiger partial charge >= 0.3 is 6.03 Å². The minimum Gasteiger partial charge on any atom is -0.373 e. The molecule has 1 aromatic carbocycles. The van der Waals surface area contributed by atoms with E-state index in [9.17, 15) is 18.0 Å². The molecule has 0 spiro atoms. The first-order valence-corrected chi connectivity index (χ1v) is 7.12. The van der Waals surface area contributed by atoms with Crippen LogP contribution in [0.15, 0.2) is 24.3 Å². The highest BCUT2D eigenvalue weighted by Crippen LogP contribution is 2.34. The lowest BCUT2D eigenvalue weighted by Crippen LogP contribution is -2.43. The molecule has 122 valence electrons. The van der Waals surface area contributed by atoms with Gasteiger partial charge in [0.2, 0.25) is 0 Å². The molecule has 0 saturated carbocycles. The van der Waals surface area contributed by atoms with Crippen molar-refractivity contribution >= 4 is 6.03 Å². The van der Waals surface area contributed by atoms with Crippen molar-refractivity contribution in [3.63, 3.8) is 0 Å². The molecule has 0 bridgehead atoms. The Labute approximate surface area is 127 Å². The first kappa shape index (κ1) is 16.6. The Hall–Kier alpha value is -1.76. The average molecular weight is 316 g/mol. The summed E-state index contributed by atoms with van der Waals surface area (Å²) in [5.74, 6) is -3.24. The van der Waals surface area contributed by atoms with Crippen molar-refractivity contribution in [1.82, 2.24) is 10.6 Å². The van der Waals surface area contributed by atoms with Gasteiger partial charge in [0.25, 0.3) is 5.92 Å². The molecule has 0 aromatic heterocycles. The van der Waals surface area contributed by atoms with Crippen LogP contribution in [0, 0.1) is 11.7 Å². The van der Waals surface area contributed by atoms with Crippen molar-refractivity contribution in [3.05, 3.63) is 35.6 Å². The Bertz CT molecular complexity index is 503. The van der Waals surface area contributed by atoms with Crippen LogP contribution in [0.2, 0.25) is 0 Å². The van der Waals surface area contributed by atoms with E-state index in [4.69, 9.17) is 4.74 Å². The van der Waals surface area contributed by atoms with Gasteiger partial charge in [0.1, 0.15) is 5.82 Å². The van der Waals surface area contributed by atoms with E-state index in [1.807, 2.05) is 0 Å². The number of alkyl halides is 2. The third-order valence-corrected chi connectivity index (χ3v) is 3.50. The van der Waals surface area contributed by atoms with E-state index < -0.39 is 18.5 Å². The second kappa shape index (κ2) is 7.00. The van der Waals surface area contributed by atoms with Crippen LogP contribution in [0.1, 0.15) is 25.0 Å². The molecule has 1 aliphatic rings. The molecule has 0 unspecified atom stereocenters. The third kappa shape index (κ3) is 4.91. The van der Waals surface area contributed by atoms with Crippen LogP contribution in [0.25, 0.3) is 0 Å². The Balaban J connectivity index is 1.84. The third-order valence-electron chi connectivity index (χ3n) is 3.50. The van der Waals surface area contributed by atoms with Crippen LogP contribution in [-0.4, -0.2) is 31.7 Å². The standard InChI is InChI=1S/C15H19F3N2O2/c1-15(17,18)9-20-14(21)19-8-11-6-7-22-13(11)10-2-4-12(16)5-3-10/h2-5,11,13H,6-9H2,1H3,(H2,19,20,21)/t11-,13-/m0/s1. The lowest BCUT2D eigenvalue weighted by Gasteiger charge is -2.20. The molecule has 0 radical (unpaired) electrons. The van der Waals surface area contributed by atoms with E-state index in [1.54, 1.807) is 12.1 Å². The van der Waals surface area contributed by atoms with Gasteiger partial charge in [-0.05, 0) is 24.1 Å². The van der Waals surface area contributed by atoms with Gasteiger partial charge in [0, 0.05) is 26.0 Å². The lowest BCUT2D eigenvalue weighted by molar-refractivity contribution is 0.0252. The van der Waals surface area contributed by atoms with Crippen molar-refractivity contribution in [2.75, 3.05) is 19.7 Å². The summed E-state index contributed by atoms with van der Waals surface area (Å²) in [4.78, 5) is 11.5. The normalized spacial score (nSPS) is 21.6. The number of ether oxygens (including phenoxy) is 1. The first-order valence-electron chi connectivity index (χ1n) is 7.12. The molecule has 22 heavy (non-hydrogen) atoms. The average Bonchev–Trinajstić information content (AvgIpc) is 2.91. The zero-order valence-electron chi connectivity index (χ0n) is 12.2. The molecule has 7 heteroatoms. The minimum absolute atomic E-state index is 0.0262. The van der Waals surface area contributed by atoms with Gasteiger partial charge in [-0.3, -0.25) is 0 Å². The zero-order valence-corrected chi connectivity index (χ0v) is 12.2. The van der Waals surface area contributed by atoms with Crippen LogP contribution in [0.5, 0.6) is 0 Å². The van der Waals surface area contributed by atoms with Gasteiger partial charge in [-0.25, -0.2) is 18.0 Å². The highest BCUT2D eigenvalue weighted by Gasteiger charge is 2.30. The second-order valence-corrected chi connectivity index (χ2v) is 5.53. The molecule has 2 atom stereocenters. The minimum atomic E-state index is -2.94. The van der Waals surface area contributed by atoms with E-state index in [0.29, 0.717) is 13.2 Å². The number of nitrogens with one attached hydrogen (secondary N) is 2. The molecule has 1 fully saturated rings. The summed E-state index contributed by atoms with van der Waals surface area (Å²) in [6, 6.07) is 5.38. The number of urea groups is 1. The first-order chi connectivity index (χ1) is 10.3. The van der Waals surface area contributed by atoms with Crippen molar-refractivity contribution < 1.29 is 22.7 Å². The molecule has 4 nitrogen and oxygen atoms in total. The maximum atomic E-state index is 12.9. The van der Waals surface area contributed by atoms with Crippen LogP contribution in [0.4, 0.5) is 18.0 Å². The van der Waals surface area contributed by atoms with Gasteiger partial charge in [0.05, 0.1) is 12.6 Å². The van der Waals surface area contributed by atoms with E-state index in [-0.39, 0.29) is 17.8 Å². The molecule has 2 rings (SSSR count). The molecule has 2 N–H and O–H groups in total. The van der Waals surface area contributed by atoms with Gasteiger partial charge < -0.3 is 15.4 Å². The Kier molecular flexibility index (Phi) is 5.28. The van der Waals surface area contributed by atoms with Gasteiger partial charge in [-0.1, -0.05) is 12.1 Å². The van der Waals surface area contributed by atoms with Crippen molar-refractivity contribution in [3.8, 4) is 0 Å². The number of hydrogen-bond donors (Lipinski definition) is 2. The number of halogens is 3. The van der Waals surface area contributed by atoms with Gasteiger partial charge in [-0.2, -0.15) is 0 Å². The molecular formula is C15H19F3N2O2. The Morgan fingerprint density at radius 1 is 1.32 bits per heavy atom. The SMILES string of the molecule is CC(F)(F)CNC(=O)NC[C@@H]1CCO[C@H]1c1ccc(F)cc1. The summed E-state index contributed by atoms with van der Waals surface area (Å²) in [7, 11) is 0. The quantitative estimate of drug-likeness (QED) is 0.877. The number of amides is 2. The summed E-state index contributed by atoms with van der Waals surface area (Å²) in [5.41, 5.74) is 0.839. The van der Waals surface area contributed by atoms with Crippen molar-refractivity contribution in [2.45, 2.75) is 25.4 Å². The topological polar surface area (TPSA) is 50.4 Å². The molecule has 2 amide bonds. The summed E-state index contributed by atoms with van der Waals surface area (Å²) in [6.07, 6.45) is 0.514. The number of carbonyl (C=O) groups excluding carboxylic acids is 1. The highest BCUT2D eigenvalue weighted by atomic mass is 19.3. The van der Waals surface area contributed by atoms with Gasteiger partial charge in [0.15, 0.2) is 0 Å². The molecule has 1 aliphatic heterocycles. The maximum absolute atomic E-state index is 12.9. The zero-order chi connectivity index (χ0) is 16.2. The monoisotopic (exact) mass is 316 g/mol. The van der Waals surface area contributed by atoms with Crippen LogP contribution in [0.3, 0.4) is 0 Å². The predicted octanol–water partition coefficient (Wildman–Crippen LogP) is 2.86.